The molecule has 1 atom stereocenters. The number of aromatic nitrogens is 2. The van der Waals surface area contributed by atoms with Crippen LogP contribution in [0.5, 0.6) is 0 Å². The van der Waals surface area contributed by atoms with Gasteiger partial charge in [0, 0.05) is 32.0 Å². The average molecular weight is 388 g/mol. The lowest BCUT2D eigenvalue weighted by atomic mass is 9.86. The Morgan fingerprint density at radius 1 is 1.32 bits per heavy atom. The molecule has 1 unspecified atom stereocenters. The Morgan fingerprint density at radius 3 is 2.71 bits per heavy atom. The van der Waals surface area contributed by atoms with Crippen LogP contribution in [-0.2, 0) is 9.53 Å². The third-order valence-corrected chi connectivity index (χ3v) is 4.78. The summed E-state index contributed by atoms with van der Waals surface area (Å²) in [4.78, 5) is 34.6. The molecule has 2 aromatic rings. The van der Waals surface area contributed by atoms with Crippen LogP contribution in [-0.4, -0.2) is 51.4 Å². The molecule has 1 saturated heterocycles. The number of aliphatic carboxylic acids is 1. The SMILES string of the molecule is O=C(NCC(C(=O)O)C1CCOCC1)c1ccn(-c2ccccc2[N+](=O)[O-])n1. The number of rotatable bonds is 7. The molecular formula is C18H20N4O6. The first-order valence-corrected chi connectivity index (χ1v) is 8.85. The molecule has 0 radical (unpaired) electrons. The van der Waals surface area contributed by atoms with Crippen molar-refractivity contribution in [3.8, 4) is 5.69 Å². The number of hydrogen-bond donors (Lipinski definition) is 2. The number of hydrogen-bond acceptors (Lipinski definition) is 6. The summed E-state index contributed by atoms with van der Waals surface area (Å²) in [6.45, 7) is 1.02. The van der Waals surface area contributed by atoms with Gasteiger partial charge in [0.05, 0.1) is 10.8 Å². The van der Waals surface area contributed by atoms with Crippen molar-refractivity contribution in [2.75, 3.05) is 19.8 Å². The third-order valence-electron chi connectivity index (χ3n) is 4.78. The smallest absolute Gasteiger partial charge is 0.308 e. The summed E-state index contributed by atoms with van der Waals surface area (Å²) in [6.07, 6.45) is 2.72. The van der Waals surface area contributed by atoms with Gasteiger partial charge in [0.2, 0.25) is 0 Å². The molecule has 0 aliphatic carbocycles. The maximum Gasteiger partial charge on any atom is 0.308 e. The maximum absolute atomic E-state index is 12.4. The molecule has 1 amide bonds. The number of nitrogens with one attached hydrogen (secondary N) is 1. The van der Waals surface area contributed by atoms with Crippen molar-refractivity contribution >= 4 is 17.6 Å². The van der Waals surface area contributed by atoms with Crippen LogP contribution in [0.3, 0.4) is 0 Å². The first-order valence-electron chi connectivity index (χ1n) is 8.85. The second-order valence-corrected chi connectivity index (χ2v) is 6.50. The highest BCUT2D eigenvalue weighted by molar-refractivity contribution is 5.92. The number of benzene rings is 1. The molecule has 1 aliphatic rings. The second-order valence-electron chi connectivity index (χ2n) is 6.50. The van der Waals surface area contributed by atoms with E-state index in [2.05, 4.69) is 10.4 Å². The number of para-hydroxylation sites is 2. The quantitative estimate of drug-likeness (QED) is 0.543. The number of carbonyl (C=O) groups is 2. The van der Waals surface area contributed by atoms with Gasteiger partial charge in [-0.25, -0.2) is 4.68 Å². The van der Waals surface area contributed by atoms with Gasteiger partial charge in [-0.1, -0.05) is 12.1 Å². The van der Waals surface area contributed by atoms with Gasteiger partial charge in [0.1, 0.15) is 5.69 Å². The van der Waals surface area contributed by atoms with E-state index in [1.54, 1.807) is 12.1 Å². The van der Waals surface area contributed by atoms with E-state index in [0.29, 0.717) is 26.1 Å². The van der Waals surface area contributed by atoms with Gasteiger partial charge >= 0.3 is 5.97 Å². The zero-order chi connectivity index (χ0) is 20.1. The van der Waals surface area contributed by atoms with Crippen LogP contribution < -0.4 is 5.32 Å². The first-order chi connectivity index (χ1) is 13.5. The fourth-order valence-corrected chi connectivity index (χ4v) is 3.26. The van der Waals surface area contributed by atoms with Crippen molar-refractivity contribution in [2.45, 2.75) is 12.8 Å². The molecule has 1 aromatic heterocycles. The Balaban J connectivity index is 1.69. The number of carboxylic acid groups (broad SMARTS) is 1. The molecule has 2 heterocycles. The van der Waals surface area contributed by atoms with Crippen LogP contribution in [0.2, 0.25) is 0 Å². The van der Waals surface area contributed by atoms with Crippen LogP contribution in [0.4, 0.5) is 5.69 Å². The van der Waals surface area contributed by atoms with Crippen molar-refractivity contribution in [2.24, 2.45) is 11.8 Å². The van der Waals surface area contributed by atoms with E-state index >= 15 is 0 Å². The zero-order valence-corrected chi connectivity index (χ0v) is 15.0. The monoisotopic (exact) mass is 388 g/mol. The minimum absolute atomic E-state index is 0.0167. The summed E-state index contributed by atoms with van der Waals surface area (Å²) >= 11 is 0. The Labute approximate surface area is 160 Å². The number of carbonyl (C=O) groups excluding carboxylic acids is 1. The van der Waals surface area contributed by atoms with Crippen molar-refractivity contribution in [1.82, 2.24) is 15.1 Å². The molecule has 1 aliphatic heterocycles. The lowest BCUT2D eigenvalue weighted by molar-refractivity contribution is -0.384. The van der Waals surface area contributed by atoms with Crippen molar-refractivity contribution in [3.63, 3.8) is 0 Å². The minimum atomic E-state index is -0.961. The first kappa shape index (κ1) is 19.5. The van der Waals surface area contributed by atoms with E-state index in [1.807, 2.05) is 0 Å². The molecule has 0 bridgehead atoms. The van der Waals surface area contributed by atoms with E-state index in [4.69, 9.17) is 4.74 Å². The molecule has 2 N–H and O–H groups in total. The van der Waals surface area contributed by atoms with Crippen molar-refractivity contribution in [3.05, 3.63) is 52.3 Å². The maximum atomic E-state index is 12.4. The summed E-state index contributed by atoms with van der Waals surface area (Å²) in [7, 11) is 0. The number of ether oxygens (including phenoxy) is 1. The van der Waals surface area contributed by atoms with Gasteiger partial charge in [0.25, 0.3) is 11.6 Å². The standard InChI is InChI=1S/C18H20N4O6/c23-17(19-11-13(18(24)25)12-6-9-28-10-7-12)14-5-8-21(20-14)15-3-1-2-4-16(15)22(26)27/h1-5,8,12-13H,6-7,9-11H2,(H,19,23)(H,24,25). The molecule has 1 aromatic carbocycles. The number of nitro groups is 1. The highest BCUT2D eigenvalue weighted by Gasteiger charge is 2.30. The van der Waals surface area contributed by atoms with E-state index in [0.717, 1.165) is 0 Å². The fourth-order valence-electron chi connectivity index (χ4n) is 3.26. The van der Waals surface area contributed by atoms with Gasteiger partial charge < -0.3 is 15.2 Å². The lowest BCUT2D eigenvalue weighted by Gasteiger charge is -2.27. The molecular weight excluding hydrogens is 368 g/mol. The van der Waals surface area contributed by atoms with Crippen molar-refractivity contribution < 1.29 is 24.4 Å². The topological polar surface area (TPSA) is 137 Å². The zero-order valence-electron chi connectivity index (χ0n) is 15.0. The summed E-state index contributed by atoms with van der Waals surface area (Å²) in [5, 5.41) is 27.3. The molecule has 10 nitrogen and oxygen atoms in total. The average Bonchev–Trinajstić information content (AvgIpc) is 3.19. The largest absolute Gasteiger partial charge is 0.481 e. The van der Waals surface area contributed by atoms with Gasteiger partial charge in [-0.3, -0.25) is 19.7 Å². The number of nitrogens with zero attached hydrogens (tertiary/aromatic N) is 3. The molecule has 3 rings (SSSR count). The predicted molar refractivity (Wildman–Crippen MR) is 97.2 cm³/mol. The highest BCUT2D eigenvalue weighted by atomic mass is 16.6. The Kier molecular flexibility index (Phi) is 5.99. The molecule has 148 valence electrons. The summed E-state index contributed by atoms with van der Waals surface area (Å²) in [5.74, 6) is -2.26. The van der Waals surface area contributed by atoms with Gasteiger partial charge in [-0.15, -0.1) is 0 Å². The number of amides is 1. The van der Waals surface area contributed by atoms with E-state index in [9.17, 15) is 24.8 Å². The Hall–Kier alpha value is -3.27. The van der Waals surface area contributed by atoms with Gasteiger partial charge in [-0.2, -0.15) is 5.10 Å². The van der Waals surface area contributed by atoms with E-state index in [-0.39, 0.29) is 29.5 Å². The second kappa shape index (κ2) is 8.61. The fraction of sp³-hybridized carbons (Fsp3) is 0.389. The van der Waals surface area contributed by atoms with Gasteiger partial charge in [-0.05, 0) is 30.9 Å². The number of nitro benzene ring substituents is 1. The van der Waals surface area contributed by atoms with Crippen LogP contribution in [0.25, 0.3) is 5.69 Å². The summed E-state index contributed by atoms with van der Waals surface area (Å²) in [6, 6.07) is 7.48. The van der Waals surface area contributed by atoms with Crippen LogP contribution in [0, 0.1) is 22.0 Å². The number of carboxylic acids is 1. The Bertz CT molecular complexity index is 874. The molecule has 0 spiro atoms. The molecule has 0 saturated carbocycles. The predicted octanol–water partition coefficient (Wildman–Crippen LogP) is 1.64. The summed E-state index contributed by atoms with van der Waals surface area (Å²) in [5.41, 5.74) is 0.148. The van der Waals surface area contributed by atoms with Gasteiger partial charge in [0.15, 0.2) is 5.69 Å². The van der Waals surface area contributed by atoms with Crippen LogP contribution >= 0.6 is 0 Å². The highest BCUT2D eigenvalue weighted by Crippen LogP contribution is 2.24. The summed E-state index contributed by atoms with van der Waals surface area (Å²) < 4.78 is 6.50. The van der Waals surface area contributed by atoms with Crippen LogP contribution in [0.15, 0.2) is 36.5 Å². The van der Waals surface area contributed by atoms with Crippen molar-refractivity contribution in [1.29, 1.82) is 0 Å². The molecule has 10 heteroatoms. The minimum Gasteiger partial charge on any atom is -0.481 e. The third kappa shape index (κ3) is 4.34. The van der Waals surface area contributed by atoms with E-state index in [1.165, 1.54) is 29.1 Å². The van der Waals surface area contributed by atoms with Crippen LogP contribution in [0.1, 0.15) is 23.3 Å². The van der Waals surface area contributed by atoms with E-state index < -0.39 is 22.7 Å². The lowest BCUT2D eigenvalue weighted by Crippen LogP contribution is -2.39. The molecule has 28 heavy (non-hydrogen) atoms. The molecule has 1 fully saturated rings. The Morgan fingerprint density at radius 2 is 2.04 bits per heavy atom. The normalized spacial score (nSPS) is 15.7.